The summed E-state index contributed by atoms with van der Waals surface area (Å²) in [7, 11) is -1.00. The van der Waals surface area contributed by atoms with Gasteiger partial charge in [-0.05, 0) is 6.92 Å². The van der Waals surface area contributed by atoms with Gasteiger partial charge in [-0.2, -0.15) is 0 Å². The lowest BCUT2D eigenvalue weighted by atomic mass is 10.4. The lowest BCUT2D eigenvalue weighted by Crippen LogP contribution is -2.34. The van der Waals surface area contributed by atoms with Crippen LogP contribution in [0.15, 0.2) is 6.20 Å². The summed E-state index contributed by atoms with van der Waals surface area (Å²) in [4.78, 5) is 22.0. The molecule has 1 heterocycles. The predicted octanol–water partition coefficient (Wildman–Crippen LogP) is -1.14. The average molecular weight is 274 g/mol. The average Bonchev–Trinajstić information content (AvgIpc) is 2.74. The van der Waals surface area contributed by atoms with Gasteiger partial charge in [0.1, 0.15) is 6.54 Å². The molecule has 2 atom stereocenters. The molecule has 0 aliphatic carbocycles. The summed E-state index contributed by atoms with van der Waals surface area (Å²) in [5, 5.41) is 17.9. The van der Waals surface area contributed by atoms with Crippen LogP contribution in [0.25, 0.3) is 0 Å². The summed E-state index contributed by atoms with van der Waals surface area (Å²) in [6.07, 6.45) is 2.73. The highest BCUT2D eigenvalue weighted by Crippen LogP contribution is 1.93. The minimum absolute atomic E-state index is 0.122. The van der Waals surface area contributed by atoms with Crippen molar-refractivity contribution < 1.29 is 18.9 Å². The third-order valence-electron chi connectivity index (χ3n) is 2.22. The second kappa shape index (κ2) is 6.24. The number of hydrogen-bond donors (Lipinski definition) is 2. The molecule has 0 bridgehead atoms. The predicted molar refractivity (Wildman–Crippen MR) is 63.5 cm³/mol. The highest BCUT2D eigenvalue weighted by molar-refractivity contribution is 7.84. The molecule has 0 aliphatic heterocycles. The van der Waals surface area contributed by atoms with Crippen molar-refractivity contribution in [1.29, 1.82) is 0 Å². The molecule has 2 N–H and O–H groups in total. The monoisotopic (exact) mass is 274 g/mol. The van der Waals surface area contributed by atoms with Gasteiger partial charge in [0.25, 0.3) is 0 Å². The van der Waals surface area contributed by atoms with Crippen LogP contribution in [0.5, 0.6) is 0 Å². The lowest BCUT2D eigenvalue weighted by Gasteiger charge is -2.09. The first-order valence-electron chi connectivity index (χ1n) is 5.12. The molecule has 9 heteroatoms. The molecule has 1 amide bonds. The highest BCUT2D eigenvalue weighted by atomic mass is 32.2. The fourth-order valence-corrected chi connectivity index (χ4v) is 1.37. The van der Waals surface area contributed by atoms with Crippen LogP contribution in [-0.4, -0.2) is 54.2 Å². The van der Waals surface area contributed by atoms with Gasteiger partial charge in [0.05, 0.1) is 6.20 Å². The van der Waals surface area contributed by atoms with Crippen molar-refractivity contribution in [2.45, 2.75) is 18.7 Å². The van der Waals surface area contributed by atoms with Crippen LogP contribution < -0.4 is 5.32 Å². The first-order valence-corrected chi connectivity index (χ1v) is 6.74. The Morgan fingerprint density at radius 2 is 2.28 bits per heavy atom. The molecular weight excluding hydrogens is 260 g/mol. The number of carboxylic acids is 1. The Kier molecular flexibility index (Phi) is 4.95. The van der Waals surface area contributed by atoms with Crippen molar-refractivity contribution in [1.82, 2.24) is 20.3 Å². The summed E-state index contributed by atoms with van der Waals surface area (Å²) >= 11 is 0. The molecule has 100 valence electrons. The van der Waals surface area contributed by atoms with E-state index in [2.05, 4.69) is 15.6 Å². The number of aromatic carboxylic acids is 1. The quantitative estimate of drug-likeness (QED) is 0.677. The lowest BCUT2D eigenvalue weighted by molar-refractivity contribution is -0.121. The Hall–Kier alpha value is -1.77. The molecule has 0 spiro atoms. The van der Waals surface area contributed by atoms with E-state index in [1.165, 1.54) is 6.20 Å². The van der Waals surface area contributed by atoms with Crippen LogP contribution in [0.1, 0.15) is 17.4 Å². The van der Waals surface area contributed by atoms with E-state index in [0.29, 0.717) is 6.54 Å². The zero-order chi connectivity index (χ0) is 13.7. The van der Waals surface area contributed by atoms with Gasteiger partial charge in [-0.15, -0.1) is 5.10 Å². The summed E-state index contributed by atoms with van der Waals surface area (Å²) in [6.45, 7) is 1.93. The molecule has 2 unspecified atom stereocenters. The summed E-state index contributed by atoms with van der Waals surface area (Å²) in [5.74, 6) is -1.54. The number of nitrogens with zero attached hydrogens (tertiary/aromatic N) is 3. The maximum atomic E-state index is 11.5. The number of rotatable bonds is 6. The fraction of sp³-hybridized carbons (Fsp3) is 0.556. The third kappa shape index (κ3) is 4.24. The van der Waals surface area contributed by atoms with Gasteiger partial charge in [0.2, 0.25) is 5.91 Å². The number of hydrogen-bond acceptors (Lipinski definition) is 5. The number of amides is 1. The molecule has 0 radical (unpaired) electrons. The van der Waals surface area contributed by atoms with Gasteiger partial charge >= 0.3 is 5.97 Å². The molecule has 0 saturated carbocycles. The maximum Gasteiger partial charge on any atom is 0.358 e. The molecule has 18 heavy (non-hydrogen) atoms. The van der Waals surface area contributed by atoms with E-state index in [-0.39, 0.29) is 23.4 Å². The summed E-state index contributed by atoms with van der Waals surface area (Å²) in [5.41, 5.74) is -0.217. The zero-order valence-electron chi connectivity index (χ0n) is 9.99. The van der Waals surface area contributed by atoms with E-state index in [4.69, 9.17) is 5.11 Å². The number of nitrogens with one attached hydrogen (secondary N) is 1. The second-order valence-corrected chi connectivity index (χ2v) is 5.52. The van der Waals surface area contributed by atoms with Gasteiger partial charge in [-0.1, -0.05) is 5.21 Å². The largest absolute Gasteiger partial charge is 0.476 e. The Morgan fingerprint density at radius 1 is 1.61 bits per heavy atom. The second-order valence-electron chi connectivity index (χ2n) is 3.72. The molecule has 0 fully saturated rings. The molecule has 0 saturated heterocycles. The van der Waals surface area contributed by atoms with Crippen LogP contribution in [0, 0.1) is 0 Å². The Morgan fingerprint density at radius 3 is 2.78 bits per heavy atom. The van der Waals surface area contributed by atoms with Crippen molar-refractivity contribution in [3.63, 3.8) is 0 Å². The van der Waals surface area contributed by atoms with Gasteiger partial charge in [0, 0.05) is 28.9 Å². The SMILES string of the molecule is CC(CNC(=O)Cn1cc(C(=O)O)nn1)S(C)=O. The van der Waals surface area contributed by atoms with E-state index in [1.54, 1.807) is 13.2 Å². The minimum Gasteiger partial charge on any atom is -0.476 e. The number of aromatic nitrogens is 3. The molecule has 0 aromatic carbocycles. The van der Waals surface area contributed by atoms with E-state index < -0.39 is 16.8 Å². The summed E-state index contributed by atoms with van der Waals surface area (Å²) < 4.78 is 12.2. The zero-order valence-corrected chi connectivity index (χ0v) is 10.8. The van der Waals surface area contributed by atoms with Crippen molar-refractivity contribution in [2.75, 3.05) is 12.8 Å². The van der Waals surface area contributed by atoms with E-state index in [1.807, 2.05) is 0 Å². The van der Waals surface area contributed by atoms with Crippen LogP contribution in [0.4, 0.5) is 0 Å². The Balaban J connectivity index is 2.44. The first-order chi connectivity index (χ1) is 8.40. The fourth-order valence-electron chi connectivity index (χ4n) is 1.05. The molecule has 1 aromatic heterocycles. The van der Waals surface area contributed by atoms with Crippen LogP contribution in [0.3, 0.4) is 0 Å². The van der Waals surface area contributed by atoms with Gasteiger partial charge in [0.15, 0.2) is 5.69 Å². The third-order valence-corrected chi connectivity index (χ3v) is 3.52. The molecule has 8 nitrogen and oxygen atoms in total. The van der Waals surface area contributed by atoms with Gasteiger partial charge in [-0.25, -0.2) is 9.48 Å². The van der Waals surface area contributed by atoms with Crippen molar-refractivity contribution >= 4 is 22.7 Å². The smallest absolute Gasteiger partial charge is 0.358 e. The van der Waals surface area contributed by atoms with Crippen molar-refractivity contribution in [3.05, 3.63) is 11.9 Å². The highest BCUT2D eigenvalue weighted by Gasteiger charge is 2.12. The normalized spacial score (nSPS) is 13.9. The molecule has 0 aliphatic rings. The number of carbonyl (C=O) groups excluding carboxylic acids is 1. The molecular formula is C9H14N4O4S. The Labute approximate surface area is 106 Å². The van der Waals surface area contributed by atoms with Crippen LogP contribution in [0.2, 0.25) is 0 Å². The number of carbonyl (C=O) groups is 2. The van der Waals surface area contributed by atoms with E-state index >= 15 is 0 Å². The van der Waals surface area contributed by atoms with E-state index in [0.717, 1.165) is 4.68 Å². The molecule has 1 aromatic rings. The summed E-state index contributed by atoms with van der Waals surface area (Å²) in [6, 6.07) is 0. The van der Waals surface area contributed by atoms with Crippen molar-refractivity contribution in [3.8, 4) is 0 Å². The van der Waals surface area contributed by atoms with Gasteiger partial charge in [-0.3, -0.25) is 9.00 Å². The van der Waals surface area contributed by atoms with Crippen LogP contribution in [-0.2, 0) is 22.1 Å². The standard InChI is InChI=1S/C9H14N4O4S/c1-6(18(2)17)3-10-8(14)5-13-4-7(9(15)16)11-12-13/h4,6H,3,5H2,1-2H3,(H,10,14)(H,15,16). The van der Waals surface area contributed by atoms with Crippen molar-refractivity contribution in [2.24, 2.45) is 0 Å². The van der Waals surface area contributed by atoms with Gasteiger partial charge < -0.3 is 10.4 Å². The minimum atomic E-state index is -1.20. The number of carboxylic acid groups (broad SMARTS) is 1. The maximum absolute atomic E-state index is 11.5. The topological polar surface area (TPSA) is 114 Å². The Bertz CT molecular complexity index is 473. The first kappa shape index (κ1) is 14.3. The van der Waals surface area contributed by atoms with E-state index in [9.17, 15) is 13.8 Å². The molecule has 1 rings (SSSR count). The van der Waals surface area contributed by atoms with Crippen LogP contribution >= 0.6 is 0 Å².